The largest absolute Gasteiger partial charge is 0.497 e. The normalized spacial score (nSPS) is 13.8. The molecule has 0 aliphatic rings. The molecule has 2 rings (SSSR count). The van der Waals surface area contributed by atoms with Crippen LogP contribution in [0.1, 0.15) is 49.2 Å². The van der Waals surface area contributed by atoms with Gasteiger partial charge in [0.1, 0.15) is 5.75 Å². The van der Waals surface area contributed by atoms with E-state index in [4.69, 9.17) is 4.74 Å². The Bertz CT molecular complexity index is 725. The molecule has 2 aromatic carbocycles. The van der Waals surface area contributed by atoms with Gasteiger partial charge in [-0.2, -0.15) is 0 Å². The summed E-state index contributed by atoms with van der Waals surface area (Å²) in [6, 6.07) is 15.2. The minimum atomic E-state index is -1.03. The molecule has 0 fully saturated rings. The first-order valence-electron chi connectivity index (χ1n) is 8.85. The SMILES string of the molecule is COc1ccc(CC(C)(O)CNC(=O)c2ccc(C(C)(C)C)cc2)cc1. The van der Waals surface area contributed by atoms with E-state index in [1.54, 1.807) is 14.0 Å². The quantitative estimate of drug-likeness (QED) is 0.830. The Morgan fingerprint density at radius 3 is 2.08 bits per heavy atom. The van der Waals surface area contributed by atoms with Crippen molar-refractivity contribution in [2.75, 3.05) is 13.7 Å². The number of aliphatic hydroxyl groups is 1. The number of carbonyl (C=O) groups excluding carboxylic acids is 1. The Balaban J connectivity index is 1.94. The molecule has 4 nitrogen and oxygen atoms in total. The zero-order chi connectivity index (χ0) is 19.4. The van der Waals surface area contributed by atoms with E-state index in [0.717, 1.165) is 11.3 Å². The summed E-state index contributed by atoms with van der Waals surface area (Å²) >= 11 is 0. The summed E-state index contributed by atoms with van der Waals surface area (Å²) < 4.78 is 5.14. The Morgan fingerprint density at radius 1 is 1.00 bits per heavy atom. The van der Waals surface area contributed by atoms with Crippen molar-refractivity contribution in [2.24, 2.45) is 0 Å². The number of carbonyl (C=O) groups is 1. The number of nitrogens with one attached hydrogen (secondary N) is 1. The number of hydrogen-bond donors (Lipinski definition) is 2. The number of amides is 1. The molecule has 0 aromatic heterocycles. The highest BCUT2D eigenvalue weighted by Crippen LogP contribution is 2.22. The van der Waals surface area contributed by atoms with Crippen LogP contribution in [0.4, 0.5) is 0 Å². The monoisotopic (exact) mass is 355 g/mol. The van der Waals surface area contributed by atoms with Gasteiger partial charge in [-0.1, -0.05) is 45.0 Å². The minimum Gasteiger partial charge on any atom is -0.497 e. The van der Waals surface area contributed by atoms with Crippen molar-refractivity contribution in [1.29, 1.82) is 0 Å². The van der Waals surface area contributed by atoms with Crippen molar-refractivity contribution < 1.29 is 14.6 Å². The lowest BCUT2D eigenvalue weighted by Gasteiger charge is -2.24. The van der Waals surface area contributed by atoms with E-state index < -0.39 is 5.60 Å². The number of benzene rings is 2. The molecular formula is C22H29NO3. The van der Waals surface area contributed by atoms with Gasteiger partial charge in [0, 0.05) is 18.5 Å². The first-order valence-corrected chi connectivity index (χ1v) is 8.85. The molecule has 0 aliphatic heterocycles. The fraction of sp³-hybridized carbons (Fsp3) is 0.409. The number of hydrogen-bond acceptors (Lipinski definition) is 3. The zero-order valence-electron chi connectivity index (χ0n) is 16.3. The third kappa shape index (κ3) is 5.60. The van der Waals surface area contributed by atoms with Crippen molar-refractivity contribution in [1.82, 2.24) is 5.32 Å². The second-order valence-corrected chi connectivity index (χ2v) is 8.03. The van der Waals surface area contributed by atoms with Crippen molar-refractivity contribution in [3.8, 4) is 5.75 Å². The third-order valence-electron chi connectivity index (χ3n) is 4.39. The van der Waals surface area contributed by atoms with Gasteiger partial charge in [0.25, 0.3) is 5.91 Å². The van der Waals surface area contributed by atoms with Crippen LogP contribution in [0.5, 0.6) is 5.75 Å². The highest BCUT2D eigenvalue weighted by molar-refractivity contribution is 5.94. The number of ether oxygens (including phenoxy) is 1. The van der Waals surface area contributed by atoms with Gasteiger partial charge in [-0.3, -0.25) is 4.79 Å². The van der Waals surface area contributed by atoms with Crippen LogP contribution in [0.15, 0.2) is 48.5 Å². The highest BCUT2D eigenvalue weighted by Gasteiger charge is 2.22. The van der Waals surface area contributed by atoms with Gasteiger partial charge >= 0.3 is 0 Å². The van der Waals surface area contributed by atoms with Crippen LogP contribution in [-0.2, 0) is 11.8 Å². The molecule has 0 radical (unpaired) electrons. The minimum absolute atomic E-state index is 0.0526. The molecule has 4 heteroatoms. The molecule has 1 atom stereocenters. The molecule has 0 bridgehead atoms. The number of methoxy groups -OCH3 is 1. The van der Waals surface area contributed by atoms with Crippen LogP contribution in [0.25, 0.3) is 0 Å². The molecule has 0 saturated carbocycles. The molecule has 0 aliphatic carbocycles. The van der Waals surface area contributed by atoms with Crippen LogP contribution in [-0.4, -0.2) is 30.3 Å². The standard InChI is InChI=1S/C22H29NO3/c1-21(2,3)18-10-8-17(9-11-18)20(24)23-15-22(4,25)14-16-6-12-19(26-5)13-7-16/h6-13,25H,14-15H2,1-5H3,(H,23,24). The molecule has 2 N–H and O–H groups in total. The lowest BCUT2D eigenvalue weighted by atomic mass is 9.86. The van der Waals surface area contributed by atoms with Crippen LogP contribution in [0.3, 0.4) is 0 Å². The lowest BCUT2D eigenvalue weighted by Crippen LogP contribution is -2.42. The summed E-state index contributed by atoms with van der Waals surface area (Å²) in [5, 5.41) is 13.4. The Kier molecular flexibility index (Phi) is 6.09. The van der Waals surface area contributed by atoms with Crippen LogP contribution in [0, 0.1) is 0 Å². The van der Waals surface area contributed by atoms with Crippen LogP contribution in [0.2, 0.25) is 0 Å². The summed E-state index contributed by atoms with van der Waals surface area (Å²) in [6.45, 7) is 8.31. The lowest BCUT2D eigenvalue weighted by molar-refractivity contribution is 0.0552. The maximum Gasteiger partial charge on any atom is 0.251 e. The second kappa shape index (κ2) is 7.92. The summed E-state index contributed by atoms with van der Waals surface area (Å²) in [5.74, 6) is 0.598. The maximum absolute atomic E-state index is 12.3. The van der Waals surface area contributed by atoms with Gasteiger partial charge in [0.15, 0.2) is 0 Å². The predicted molar refractivity (Wildman–Crippen MR) is 105 cm³/mol. The number of rotatable bonds is 6. The van der Waals surface area contributed by atoms with Gasteiger partial charge < -0.3 is 15.2 Å². The van der Waals surface area contributed by atoms with Gasteiger partial charge in [0.05, 0.1) is 12.7 Å². The molecule has 0 saturated heterocycles. The van der Waals surface area contributed by atoms with Crippen LogP contribution < -0.4 is 10.1 Å². The molecule has 1 unspecified atom stereocenters. The first-order chi connectivity index (χ1) is 12.1. The maximum atomic E-state index is 12.3. The molecule has 0 heterocycles. The summed E-state index contributed by atoms with van der Waals surface area (Å²) in [7, 11) is 1.62. The van der Waals surface area contributed by atoms with E-state index in [1.807, 2.05) is 48.5 Å². The van der Waals surface area contributed by atoms with Crippen molar-refractivity contribution in [2.45, 2.75) is 45.1 Å². The van der Waals surface area contributed by atoms with E-state index in [9.17, 15) is 9.90 Å². The Morgan fingerprint density at radius 2 is 1.58 bits per heavy atom. The van der Waals surface area contributed by atoms with Crippen LogP contribution >= 0.6 is 0 Å². The smallest absolute Gasteiger partial charge is 0.251 e. The van der Waals surface area contributed by atoms with E-state index in [-0.39, 0.29) is 17.9 Å². The second-order valence-electron chi connectivity index (χ2n) is 8.03. The summed E-state index contributed by atoms with van der Waals surface area (Å²) in [4.78, 5) is 12.3. The average Bonchev–Trinajstić information content (AvgIpc) is 2.59. The van der Waals surface area contributed by atoms with Crippen molar-refractivity contribution in [3.05, 3.63) is 65.2 Å². The molecular weight excluding hydrogens is 326 g/mol. The van der Waals surface area contributed by atoms with Crippen molar-refractivity contribution in [3.63, 3.8) is 0 Å². The predicted octanol–water partition coefficient (Wildman–Crippen LogP) is 3.72. The fourth-order valence-corrected chi connectivity index (χ4v) is 2.74. The van der Waals surface area contributed by atoms with E-state index in [0.29, 0.717) is 12.0 Å². The van der Waals surface area contributed by atoms with Gasteiger partial charge in [-0.25, -0.2) is 0 Å². The Hall–Kier alpha value is -2.33. The molecule has 1 amide bonds. The zero-order valence-corrected chi connectivity index (χ0v) is 16.3. The molecule has 140 valence electrons. The topological polar surface area (TPSA) is 58.6 Å². The van der Waals surface area contributed by atoms with Gasteiger partial charge in [0.2, 0.25) is 0 Å². The summed E-state index contributed by atoms with van der Waals surface area (Å²) in [6.07, 6.45) is 0.445. The van der Waals surface area contributed by atoms with E-state index in [2.05, 4.69) is 26.1 Å². The average molecular weight is 355 g/mol. The molecule has 26 heavy (non-hydrogen) atoms. The fourth-order valence-electron chi connectivity index (χ4n) is 2.74. The first kappa shape index (κ1) is 20.0. The van der Waals surface area contributed by atoms with E-state index >= 15 is 0 Å². The van der Waals surface area contributed by atoms with E-state index in [1.165, 1.54) is 5.56 Å². The van der Waals surface area contributed by atoms with Crippen molar-refractivity contribution >= 4 is 5.91 Å². The molecule has 2 aromatic rings. The van der Waals surface area contributed by atoms with Gasteiger partial charge in [-0.05, 0) is 47.7 Å². The Labute approximate surface area is 156 Å². The highest BCUT2D eigenvalue weighted by atomic mass is 16.5. The van der Waals surface area contributed by atoms with Gasteiger partial charge in [-0.15, -0.1) is 0 Å². The molecule has 0 spiro atoms. The third-order valence-corrected chi connectivity index (χ3v) is 4.39. The summed E-state index contributed by atoms with van der Waals surface area (Å²) in [5.41, 5.74) is 1.78.